The van der Waals surface area contributed by atoms with Crippen molar-refractivity contribution < 1.29 is 4.74 Å². The van der Waals surface area contributed by atoms with Crippen molar-refractivity contribution in [1.29, 1.82) is 0 Å². The number of nitrogens with zero attached hydrogens (tertiary/aromatic N) is 5. The van der Waals surface area contributed by atoms with Crippen LogP contribution in [-0.2, 0) is 5.75 Å². The Bertz CT molecular complexity index is 1100. The summed E-state index contributed by atoms with van der Waals surface area (Å²) in [6.07, 6.45) is 4.11. The monoisotopic (exact) mass is 393 g/mol. The van der Waals surface area contributed by atoms with Crippen molar-refractivity contribution in [3.8, 4) is 17.1 Å². The van der Waals surface area contributed by atoms with Crippen LogP contribution in [0.2, 0.25) is 0 Å². The molecule has 4 aromatic rings. The lowest BCUT2D eigenvalue weighted by molar-refractivity contribution is 0.415. The molecule has 0 radical (unpaired) electrons. The number of aromatic nitrogens is 5. The Labute approximate surface area is 168 Å². The van der Waals surface area contributed by atoms with Crippen molar-refractivity contribution in [2.24, 2.45) is 0 Å². The molecule has 3 aromatic heterocycles. The zero-order valence-electron chi connectivity index (χ0n) is 16.5. The molecule has 0 aliphatic heterocycles. The van der Waals surface area contributed by atoms with E-state index in [1.807, 2.05) is 36.5 Å². The van der Waals surface area contributed by atoms with E-state index in [1.165, 1.54) is 5.56 Å². The van der Waals surface area contributed by atoms with Crippen LogP contribution in [0.3, 0.4) is 0 Å². The first-order valence-electron chi connectivity index (χ1n) is 9.22. The highest BCUT2D eigenvalue weighted by atomic mass is 32.2. The second kappa shape index (κ2) is 7.67. The Hall–Kier alpha value is -2.80. The molecule has 0 saturated carbocycles. The molecule has 0 fully saturated rings. The van der Waals surface area contributed by atoms with Gasteiger partial charge in [-0.3, -0.25) is 4.57 Å². The average molecular weight is 394 g/mol. The van der Waals surface area contributed by atoms with E-state index < -0.39 is 0 Å². The highest BCUT2D eigenvalue weighted by molar-refractivity contribution is 7.98. The van der Waals surface area contributed by atoms with Gasteiger partial charge in [0.2, 0.25) is 0 Å². The molecule has 4 rings (SSSR count). The number of imidazole rings is 1. The van der Waals surface area contributed by atoms with Crippen LogP contribution in [0.5, 0.6) is 5.75 Å². The topological polar surface area (TPSA) is 57.2 Å². The maximum Gasteiger partial charge on any atom is 0.192 e. The molecule has 6 nitrogen and oxygen atoms in total. The number of hydrogen-bond acceptors (Lipinski definition) is 5. The summed E-state index contributed by atoms with van der Waals surface area (Å²) in [4.78, 5) is 4.76. The lowest BCUT2D eigenvalue weighted by Crippen LogP contribution is -2.05. The van der Waals surface area contributed by atoms with Gasteiger partial charge in [0.1, 0.15) is 11.4 Å². The van der Waals surface area contributed by atoms with Crippen molar-refractivity contribution in [2.75, 3.05) is 7.11 Å². The van der Waals surface area contributed by atoms with Crippen molar-refractivity contribution in [3.63, 3.8) is 0 Å². The SMILES string of the molecule is COc1ccc(-c2nnc(SCc3cn4cccc(C)c4n3)n2C(C)C)cc1. The fraction of sp³-hybridized carbons (Fsp3) is 0.286. The van der Waals surface area contributed by atoms with Crippen LogP contribution in [0, 0.1) is 6.92 Å². The van der Waals surface area contributed by atoms with E-state index in [0.29, 0.717) is 0 Å². The minimum atomic E-state index is 0.248. The smallest absolute Gasteiger partial charge is 0.192 e. The van der Waals surface area contributed by atoms with E-state index in [0.717, 1.165) is 39.4 Å². The fourth-order valence-electron chi connectivity index (χ4n) is 3.19. The third-order valence-corrected chi connectivity index (χ3v) is 5.58. The highest BCUT2D eigenvalue weighted by Gasteiger charge is 2.17. The number of methoxy groups -OCH3 is 1. The lowest BCUT2D eigenvalue weighted by atomic mass is 10.2. The van der Waals surface area contributed by atoms with Gasteiger partial charge in [-0.1, -0.05) is 17.8 Å². The summed E-state index contributed by atoms with van der Waals surface area (Å²) in [7, 11) is 1.67. The normalized spacial score (nSPS) is 11.5. The van der Waals surface area contributed by atoms with Gasteiger partial charge in [-0.2, -0.15) is 0 Å². The molecule has 0 amide bonds. The second-order valence-electron chi connectivity index (χ2n) is 6.94. The number of pyridine rings is 1. The molecule has 0 aliphatic carbocycles. The summed E-state index contributed by atoms with van der Waals surface area (Å²) >= 11 is 1.66. The minimum Gasteiger partial charge on any atom is -0.497 e. The quantitative estimate of drug-likeness (QED) is 0.441. The second-order valence-corrected chi connectivity index (χ2v) is 7.88. The van der Waals surface area contributed by atoms with Gasteiger partial charge in [0, 0.05) is 29.8 Å². The molecule has 144 valence electrons. The molecular weight excluding hydrogens is 370 g/mol. The first-order valence-corrected chi connectivity index (χ1v) is 10.2. The molecule has 0 bridgehead atoms. The number of thioether (sulfide) groups is 1. The molecule has 3 heterocycles. The van der Waals surface area contributed by atoms with Crippen LogP contribution < -0.4 is 4.74 Å². The summed E-state index contributed by atoms with van der Waals surface area (Å²) in [5.41, 5.74) is 4.23. The molecule has 0 N–H and O–H groups in total. The van der Waals surface area contributed by atoms with Crippen LogP contribution >= 0.6 is 11.8 Å². The molecule has 28 heavy (non-hydrogen) atoms. The van der Waals surface area contributed by atoms with E-state index in [2.05, 4.69) is 52.2 Å². The maximum atomic E-state index is 5.25. The van der Waals surface area contributed by atoms with Crippen molar-refractivity contribution >= 4 is 17.4 Å². The van der Waals surface area contributed by atoms with Crippen molar-refractivity contribution in [1.82, 2.24) is 24.1 Å². The molecule has 0 unspecified atom stereocenters. The summed E-state index contributed by atoms with van der Waals surface area (Å²) in [6, 6.07) is 12.3. The lowest BCUT2D eigenvalue weighted by Gasteiger charge is -2.13. The average Bonchev–Trinajstić information content (AvgIpc) is 3.31. The van der Waals surface area contributed by atoms with Crippen molar-refractivity contribution in [2.45, 2.75) is 37.7 Å². The number of fused-ring (bicyclic) bond motifs is 1. The van der Waals surface area contributed by atoms with E-state index in [4.69, 9.17) is 9.72 Å². The Kier molecular flexibility index (Phi) is 5.09. The highest BCUT2D eigenvalue weighted by Crippen LogP contribution is 2.30. The number of benzene rings is 1. The number of ether oxygens (including phenoxy) is 1. The molecule has 1 aromatic carbocycles. The van der Waals surface area contributed by atoms with E-state index in [9.17, 15) is 0 Å². The zero-order chi connectivity index (χ0) is 19.7. The third kappa shape index (κ3) is 3.49. The van der Waals surface area contributed by atoms with Gasteiger partial charge in [0.25, 0.3) is 0 Å². The summed E-state index contributed by atoms with van der Waals surface area (Å²) in [5, 5.41) is 9.81. The standard InChI is InChI=1S/C21H23N5OS/c1-14(2)26-20(16-7-9-18(27-4)10-8-16)23-24-21(26)28-13-17-12-25-11-5-6-15(3)19(25)22-17/h5-12,14H,13H2,1-4H3. The Morgan fingerprint density at radius 2 is 1.89 bits per heavy atom. The number of hydrogen-bond donors (Lipinski definition) is 0. The Morgan fingerprint density at radius 1 is 1.11 bits per heavy atom. The molecule has 0 aliphatic rings. The predicted octanol–water partition coefficient (Wildman–Crippen LogP) is 4.78. The van der Waals surface area contributed by atoms with Crippen LogP contribution in [0.4, 0.5) is 0 Å². The first kappa shape index (κ1) is 18.6. The summed E-state index contributed by atoms with van der Waals surface area (Å²) in [5.74, 6) is 2.44. The van der Waals surface area contributed by atoms with Crippen LogP contribution in [0.15, 0.2) is 53.9 Å². The molecule has 0 spiro atoms. The number of rotatable bonds is 6. The minimum absolute atomic E-state index is 0.248. The summed E-state index contributed by atoms with van der Waals surface area (Å²) < 4.78 is 9.50. The Morgan fingerprint density at radius 3 is 2.57 bits per heavy atom. The third-order valence-electron chi connectivity index (χ3n) is 4.61. The summed E-state index contributed by atoms with van der Waals surface area (Å²) in [6.45, 7) is 6.37. The van der Waals surface area contributed by atoms with E-state index in [-0.39, 0.29) is 6.04 Å². The number of aryl methyl sites for hydroxylation is 1. The fourth-order valence-corrected chi connectivity index (χ4v) is 4.14. The molecule has 0 saturated heterocycles. The van der Waals surface area contributed by atoms with Gasteiger partial charge in [0.05, 0.1) is 12.8 Å². The molecular formula is C21H23N5OS. The van der Waals surface area contributed by atoms with E-state index >= 15 is 0 Å². The van der Waals surface area contributed by atoms with E-state index in [1.54, 1.807) is 18.9 Å². The molecule has 0 atom stereocenters. The van der Waals surface area contributed by atoms with Gasteiger partial charge >= 0.3 is 0 Å². The van der Waals surface area contributed by atoms with Gasteiger partial charge in [0.15, 0.2) is 11.0 Å². The van der Waals surface area contributed by atoms with Gasteiger partial charge in [-0.15, -0.1) is 10.2 Å². The van der Waals surface area contributed by atoms with Crippen molar-refractivity contribution in [3.05, 3.63) is 60.0 Å². The van der Waals surface area contributed by atoms with Crippen LogP contribution in [-0.4, -0.2) is 31.3 Å². The largest absolute Gasteiger partial charge is 0.497 e. The van der Waals surface area contributed by atoms with Gasteiger partial charge in [-0.25, -0.2) is 4.98 Å². The van der Waals surface area contributed by atoms with Gasteiger partial charge in [-0.05, 0) is 56.7 Å². The molecule has 7 heteroatoms. The van der Waals surface area contributed by atoms with Gasteiger partial charge < -0.3 is 9.14 Å². The van der Waals surface area contributed by atoms with Crippen LogP contribution in [0.1, 0.15) is 31.1 Å². The predicted molar refractivity (Wildman–Crippen MR) is 112 cm³/mol. The van der Waals surface area contributed by atoms with Crippen LogP contribution in [0.25, 0.3) is 17.0 Å². The zero-order valence-corrected chi connectivity index (χ0v) is 17.3. The Balaban J connectivity index is 1.60. The maximum absolute atomic E-state index is 5.25. The first-order chi connectivity index (χ1) is 13.6.